The monoisotopic (exact) mass is 405 g/mol. The Morgan fingerprint density at radius 3 is 2.60 bits per heavy atom. The van der Waals surface area contributed by atoms with Gasteiger partial charge in [-0.25, -0.2) is 4.39 Å². The van der Waals surface area contributed by atoms with Gasteiger partial charge in [0, 0.05) is 11.6 Å². The lowest BCUT2D eigenvalue weighted by atomic mass is 9.78. The molecule has 4 nitrogen and oxygen atoms in total. The van der Waals surface area contributed by atoms with Gasteiger partial charge < -0.3 is 15.2 Å². The largest absolute Gasteiger partial charge is 0.481 e. The highest BCUT2D eigenvalue weighted by atomic mass is 19.1. The summed E-state index contributed by atoms with van der Waals surface area (Å²) in [6.45, 7) is 3.90. The van der Waals surface area contributed by atoms with E-state index < -0.39 is 11.5 Å². The number of ether oxygens (including phenoxy) is 1. The van der Waals surface area contributed by atoms with E-state index in [1.54, 1.807) is 6.07 Å². The zero-order valence-corrected chi connectivity index (χ0v) is 17.0. The topological polar surface area (TPSA) is 58.6 Å². The molecule has 4 rings (SSSR count). The summed E-state index contributed by atoms with van der Waals surface area (Å²) in [5, 5.41) is 12.8. The Bertz CT molecular complexity index is 1080. The minimum Gasteiger partial charge on any atom is -0.481 e. The lowest BCUT2D eigenvalue weighted by Crippen LogP contribution is -2.39. The molecule has 0 radical (unpaired) electrons. The highest BCUT2D eigenvalue weighted by Gasteiger charge is 2.44. The Hall–Kier alpha value is -3.34. The summed E-state index contributed by atoms with van der Waals surface area (Å²) < 4.78 is 20.1. The van der Waals surface area contributed by atoms with Crippen LogP contribution in [0.2, 0.25) is 0 Å². The lowest BCUT2D eigenvalue weighted by molar-refractivity contribution is -0.138. The van der Waals surface area contributed by atoms with Crippen molar-refractivity contribution in [3.05, 3.63) is 89.2 Å². The van der Waals surface area contributed by atoms with Gasteiger partial charge in [-0.05, 0) is 67.8 Å². The maximum absolute atomic E-state index is 14.0. The number of carboxylic acids is 1. The smallest absolute Gasteiger partial charge is 0.305 e. The Balaban J connectivity index is 1.69. The molecule has 0 bridgehead atoms. The Kier molecular flexibility index (Phi) is 5.20. The highest BCUT2D eigenvalue weighted by molar-refractivity contribution is 5.73. The quantitative estimate of drug-likeness (QED) is 0.535. The van der Waals surface area contributed by atoms with Crippen molar-refractivity contribution < 1.29 is 19.0 Å². The molecule has 5 heteroatoms. The van der Waals surface area contributed by atoms with Crippen LogP contribution in [0.1, 0.15) is 36.0 Å². The van der Waals surface area contributed by atoms with Gasteiger partial charge in [0.05, 0.1) is 12.0 Å². The molecule has 0 aliphatic carbocycles. The van der Waals surface area contributed by atoms with Crippen LogP contribution < -0.4 is 10.1 Å². The number of anilines is 1. The number of hydrogen-bond donors (Lipinski definition) is 2. The SMILES string of the molecule is Cc1ccc(Oc2ccccc2CC2c3cc(F)ccc3NC2(C)CC(=O)O)cc1. The summed E-state index contributed by atoms with van der Waals surface area (Å²) in [5.41, 5.74) is 2.93. The van der Waals surface area contributed by atoms with E-state index in [0.717, 1.165) is 28.1 Å². The molecule has 30 heavy (non-hydrogen) atoms. The number of benzene rings is 3. The maximum Gasteiger partial charge on any atom is 0.305 e. The molecule has 3 aromatic rings. The molecule has 2 unspecified atom stereocenters. The first kappa shape index (κ1) is 20.0. The van der Waals surface area contributed by atoms with Crippen molar-refractivity contribution in [1.82, 2.24) is 0 Å². The molecule has 0 saturated carbocycles. The minimum atomic E-state index is -0.896. The second-order valence-corrected chi connectivity index (χ2v) is 8.12. The Morgan fingerprint density at radius 2 is 1.87 bits per heavy atom. The molecule has 1 heterocycles. The second-order valence-electron chi connectivity index (χ2n) is 8.12. The first-order valence-electron chi connectivity index (χ1n) is 9.96. The standard InChI is InChI=1S/C25H24FNO3/c1-16-7-10-19(11-8-16)30-23-6-4-3-5-17(23)13-21-20-14-18(26)9-12-22(20)27-25(21,2)15-24(28)29/h3-12,14,21,27H,13,15H2,1-2H3,(H,28,29). The van der Waals surface area contributed by atoms with E-state index in [0.29, 0.717) is 12.2 Å². The van der Waals surface area contributed by atoms with Crippen LogP contribution in [0.5, 0.6) is 11.5 Å². The van der Waals surface area contributed by atoms with Gasteiger partial charge in [0.2, 0.25) is 0 Å². The summed E-state index contributed by atoms with van der Waals surface area (Å²) in [5.74, 6) is 0.0000669. The lowest BCUT2D eigenvalue weighted by Gasteiger charge is -2.31. The van der Waals surface area contributed by atoms with Crippen LogP contribution >= 0.6 is 0 Å². The predicted octanol–water partition coefficient (Wildman–Crippen LogP) is 5.91. The molecule has 0 aromatic heterocycles. The summed E-state index contributed by atoms with van der Waals surface area (Å²) in [4.78, 5) is 11.6. The third-order valence-corrected chi connectivity index (χ3v) is 5.74. The number of carboxylic acid groups (broad SMARTS) is 1. The number of para-hydroxylation sites is 1. The highest BCUT2D eigenvalue weighted by Crippen LogP contribution is 2.47. The average Bonchev–Trinajstić information content (AvgIpc) is 2.95. The molecule has 154 valence electrons. The van der Waals surface area contributed by atoms with Crippen molar-refractivity contribution in [2.24, 2.45) is 0 Å². The summed E-state index contributed by atoms with van der Waals surface area (Å²) in [7, 11) is 0. The van der Waals surface area contributed by atoms with Crippen molar-refractivity contribution in [2.75, 3.05) is 5.32 Å². The normalized spacial score (nSPS) is 19.8. The summed E-state index contributed by atoms with van der Waals surface area (Å²) >= 11 is 0. The van der Waals surface area contributed by atoms with Crippen molar-refractivity contribution >= 4 is 11.7 Å². The zero-order valence-electron chi connectivity index (χ0n) is 17.0. The molecule has 2 N–H and O–H groups in total. The fourth-order valence-electron chi connectivity index (χ4n) is 4.22. The van der Waals surface area contributed by atoms with Gasteiger partial charge in [-0.2, -0.15) is 0 Å². The van der Waals surface area contributed by atoms with E-state index in [1.807, 2.05) is 62.4 Å². The van der Waals surface area contributed by atoms with Crippen LogP contribution in [0.25, 0.3) is 0 Å². The van der Waals surface area contributed by atoms with Crippen LogP contribution in [0, 0.1) is 12.7 Å². The number of aryl methyl sites for hydroxylation is 1. The second kappa shape index (κ2) is 7.82. The molecule has 0 fully saturated rings. The van der Waals surface area contributed by atoms with Crippen molar-refractivity contribution in [3.63, 3.8) is 0 Å². The molecular formula is C25H24FNO3. The number of rotatable bonds is 6. The van der Waals surface area contributed by atoms with Gasteiger partial charge in [-0.3, -0.25) is 4.79 Å². The van der Waals surface area contributed by atoms with Gasteiger partial charge >= 0.3 is 5.97 Å². The fourth-order valence-corrected chi connectivity index (χ4v) is 4.22. The molecule has 2 atom stereocenters. The number of halogens is 1. The van der Waals surface area contributed by atoms with E-state index >= 15 is 0 Å². The van der Waals surface area contributed by atoms with Gasteiger partial charge in [0.1, 0.15) is 17.3 Å². The summed E-state index contributed by atoms with van der Waals surface area (Å²) in [6, 6.07) is 20.1. The summed E-state index contributed by atoms with van der Waals surface area (Å²) in [6.07, 6.45) is 0.449. The van der Waals surface area contributed by atoms with E-state index in [4.69, 9.17) is 4.74 Å². The molecule has 0 amide bonds. The van der Waals surface area contributed by atoms with E-state index in [9.17, 15) is 14.3 Å². The molecule has 1 aliphatic rings. The fraction of sp³-hybridized carbons (Fsp3) is 0.240. The number of carbonyl (C=O) groups is 1. The van der Waals surface area contributed by atoms with Crippen molar-refractivity contribution in [2.45, 2.75) is 38.1 Å². The van der Waals surface area contributed by atoms with Crippen LogP contribution in [-0.2, 0) is 11.2 Å². The molecule has 3 aromatic carbocycles. The zero-order chi connectivity index (χ0) is 21.3. The Labute approximate surface area is 175 Å². The van der Waals surface area contributed by atoms with E-state index in [1.165, 1.54) is 12.1 Å². The first-order valence-corrected chi connectivity index (χ1v) is 9.96. The van der Waals surface area contributed by atoms with Gasteiger partial charge in [-0.1, -0.05) is 35.9 Å². The van der Waals surface area contributed by atoms with Crippen molar-refractivity contribution in [1.29, 1.82) is 0 Å². The van der Waals surface area contributed by atoms with E-state index in [2.05, 4.69) is 5.32 Å². The van der Waals surface area contributed by atoms with E-state index in [-0.39, 0.29) is 18.2 Å². The van der Waals surface area contributed by atoms with Crippen LogP contribution in [0.4, 0.5) is 10.1 Å². The number of nitrogens with one attached hydrogen (secondary N) is 1. The predicted molar refractivity (Wildman–Crippen MR) is 115 cm³/mol. The van der Waals surface area contributed by atoms with Gasteiger partial charge in [-0.15, -0.1) is 0 Å². The number of aliphatic carboxylic acids is 1. The molecular weight excluding hydrogens is 381 g/mol. The van der Waals surface area contributed by atoms with Crippen molar-refractivity contribution in [3.8, 4) is 11.5 Å². The molecule has 0 spiro atoms. The number of fused-ring (bicyclic) bond motifs is 1. The maximum atomic E-state index is 14.0. The third-order valence-electron chi connectivity index (χ3n) is 5.74. The third kappa shape index (κ3) is 4.01. The van der Waals surface area contributed by atoms with Crippen LogP contribution in [0.3, 0.4) is 0 Å². The molecule has 0 saturated heterocycles. The average molecular weight is 405 g/mol. The minimum absolute atomic E-state index is 0.0745. The van der Waals surface area contributed by atoms with Gasteiger partial charge in [0.15, 0.2) is 0 Å². The van der Waals surface area contributed by atoms with Gasteiger partial charge in [0.25, 0.3) is 0 Å². The number of hydrogen-bond acceptors (Lipinski definition) is 3. The Morgan fingerprint density at radius 1 is 1.13 bits per heavy atom. The molecule has 1 aliphatic heterocycles. The van der Waals surface area contributed by atoms with Crippen LogP contribution in [0.15, 0.2) is 66.7 Å². The van der Waals surface area contributed by atoms with Crippen LogP contribution in [-0.4, -0.2) is 16.6 Å². The first-order chi connectivity index (χ1) is 14.3.